The van der Waals surface area contributed by atoms with Gasteiger partial charge in [0.2, 0.25) is 5.13 Å². The van der Waals surface area contributed by atoms with Crippen LogP contribution in [0.2, 0.25) is 0 Å². The Bertz CT molecular complexity index is 380. The molecule has 0 aromatic carbocycles. The Morgan fingerprint density at radius 3 is 3.11 bits per heavy atom. The minimum absolute atomic E-state index is 0.0335. The van der Waals surface area contributed by atoms with Gasteiger partial charge in [-0.1, -0.05) is 20.8 Å². The molecule has 19 heavy (non-hydrogen) atoms. The zero-order chi connectivity index (χ0) is 13.7. The second-order valence-corrected chi connectivity index (χ2v) is 6.14. The lowest BCUT2D eigenvalue weighted by Gasteiger charge is -2.31. The largest absolute Gasteiger partial charge is 0.367 e. The van der Waals surface area contributed by atoms with Gasteiger partial charge in [0.15, 0.2) is 5.82 Å². The van der Waals surface area contributed by atoms with Gasteiger partial charge in [-0.2, -0.15) is 4.37 Å². The van der Waals surface area contributed by atoms with Crippen molar-refractivity contribution in [3.05, 3.63) is 5.82 Å². The molecular weight excluding hydrogens is 260 g/mol. The second kappa shape index (κ2) is 7.17. The molecular formula is C13H24N4OS. The van der Waals surface area contributed by atoms with Crippen molar-refractivity contribution in [2.45, 2.75) is 33.3 Å². The maximum atomic E-state index is 5.79. The van der Waals surface area contributed by atoms with Crippen LogP contribution in [0.4, 0.5) is 5.13 Å². The normalized spacial score (nSPS) is 20.9. The summed E-state index contributed by atoms with van der Waals surface area (Å²) in [5.74, 6) is 1.44. The van der Waals surface area contributed by atoms with Crippen molar-refractivity contribution in [3.63, 3.8) is 0 Å². The minimum Gasteiger partial charge on any atom is -0.367 e. The van der Waals surface area contributed by atoms with Gasteiger partial charge in [-0.05, 0) is 18.9 Å². The van der Waals surface area contributed by atoms with E-state index in [0.717, 1.165) is 43.7 Å². The first kappa shape index (κ1) is 14.7. The van der Waals surface area contributed by atoms with E-state index in [9.17, 15) is 0 Å². The van der Waals surface area contributed by atoms with Crippen molar-refractivity contribution in [2.75, 3.05) is 38.1 Å². The molecule has 1 atom stereocenters. The van der Waals surface area contributed by atoms with E-state index < -0.39 is 0 Å². The second-order valence-electron chi connectivity index (χ2n) is 5.39. The lowest BCUT2D eigenvalue weighted by Crippen LogP contribution is -2.39. The Morgan fingerprint density at radius 2 is 2.37 bits per heavy atom. The van der Waals surface area contributed by atoms with Crippen molar-refractivity contribution in [2.24, 2.45) is 5.92 Å². The lowest BCUT2D eigenvalue weighted by molar-refractivity contribution is -0.0336. The highest BCUT2D eigenvalue weighted by Gasteiger charge is 2.24. The van der Waals surface area contributed by atoms with Crippen LogP contribution in [0.15, 0.2) is 0 Å². The fourth-order valence-electron chi connectivity index (χ4n) is 2.11. The molecule has 2 heterocycles. The summed E-state index contributed by atoms with van der Waals surface area (Å²) in [7, 11) is 0. The molecule has 0 radical (unpaired) electrons. The number of ether oxygens (including phenoxy) is 1. The van der Waals surface area contributed by atoms with Gasteiger partial charge in [-0.15, -0.1) is 0 Å². The van der Waals surface area contributed by atoms with E-state index in [4.69, 9.17) is 4.74 Å². The van der Waals surface area contributed by atoms with Crippen LogP contribution in [0.3, 0.4) is 0 Å². The van der Waals surface area contributed by atoms with Gasteiger partial charge in [-0.25, -0.2) is 4.98 Å². The molecule has 1 aliphatic rings. The predicted molar refractivity (Wildman–Crippen MR) is 78.7 cm³/mol. The summed E-state index contributed by atoms with van der Waals surface area (Å²) in [6.45, 7) is 11.3. The van der Waals surface area contributed by atoms with Crippen LogP contribution >= 0.6 is 11.5 Å². The highest BCUT2D eigenvalue weighted by Crippen LogP contribution is 2.23. The molecule has 0 amide bonds. The number of hydrogen-bond acceptors (Lipinski definition) is 6. The SMILES string of the molecule is CCCN1CCOC(c2nsc(NCC(C)C)n2)C1. The first-order chi connectivity index (χ1) is 9.19. The Labute approximate surface area is 119 Å². The summed E-state index contributed by atoms with van der Waals surface area (Å²) in [4.78, 5) is 6.97. The summed E-state index contributed by atoms with van der Waals surface area (Å²) < 4.78 is 10.2. The number of nitrogens with zero attached hydrogens (tertiary/aromatic N) is 3. The molecule has 0 spiro atoms. The van der Waals surface area contributed by atoms with Crippen molar-refractivity contribution in [3.8, 4) is 0 Å². The van der Waals surface area contributed by atoms with Crippen molar-refractivity contribution < 1.29 is 4.74 Å². The number of aromatic nitrogens is 2. The summed E-state index contributed by atoms with van der Waals surface area (Å²) in [5.41, 5.74) is 0. The molecule has 1 aromatic rings. The molecule has 0 saturated carbocycles. The summed E-state index contributed by atoms with van der Waals surface area (Å²) in [6, 6.07) is 0. The van der Waals surface area contributed by atoms with Crippen LogP contribution in [0.25, 0.3) is 0 Å². The number of rotatable bonds is 6. The topological polar surface area (TPSA) is 50.3 Å². The van der Waals surface area contributed by atoms with E-state index in [-0.39, 0.29) is 6.10 Å². The molecule has 2 rings (SSSR count). The van der Waals surface area contributed by atoms with Gasteiger partial charge in [0.1, 0.15) is 6.10 Å². The summed E-state index contributed by atoms with van der Waals surface area (Å²) in [5, 5.41) is 4.22. The van der Waals surface area contributed by atoms with Crippen molar-refractivity contribution in [1.29, 1.82) is 0 Å². The Morgan fingerprint density at radius 1 is 1.53 bits per heavy atom. The fraction of sp³-hybridized carbons (Fsp3) is 0.846. The maximum absolute atomic E-state index is 5.79. The standard InChI is InChI=1S/C13H24N4OS/c1-4-5-17-6-7-18-11(9-17)12-15-13(19-16-12)14-8-10(2)3/h10-11H,4-9H2,1-3H3,(H,14,15,16). The quantitative estimate of drug-likeness (QED) is 0.869. The number of anilines is 1. The molecule has 6 heteroatoms. The molecule has 5 nitrogen and oxygen atoms in total. The zero-order valence-electron chi connectivity index (χ0n) is 12.1. The van der Waals surface area contributed by atoms with Gasteiger partial charge in [0, 0.05) is 31.2 Å². The molecule has 0 bridgehead atoms. The van der Waals surface area contributed by atoms with E-state index in [1.54, 1.807) is 0 Å². The molecule has 108 valence electrons. The van der Waals surface area contributed by atoms with Crippen LogP contribution in [0.5, 0.6) is 0 Å². The average Bonchev–Trinajstić information content (AvgIpc) is 2.86. The van der Waals surface area contributed by atoms with Crippen LogP contribution in [-0.4, -0.2) is 47.0 Å². The molecule has 1 aromatic heterocycles. The third-order valence-electron chi connectivity index (χ3n) is 3.08. The first-order valence-electron chi connectivity index (χ1n) is 7.10. The van der Waals surface area contributed by atoms with Gasteiger partial charge >= 0.3 is 0 Å². The molecule has 1 unspecified atom stereocenters. The smallest absolute Gasteiger partial charge is 0.202 e. The number of hydrogen-bond donors (Lipinski definition) is 1. The third-order valence-corrected chi connectivity index (χ3v) is 3.77. The van der Waals surface area contributed by atoms with Gasteiger partial charge in [0.05, 0.1) is 6.61 Å². The van der Waals surface area contributed by atoms with Crippen LogP contribution in [0, 0.1) is 5.92 Å². The third kappa shape index (κ3) is 4.40. The van der Waals surface area contributed by atoms with Crippen LogP contribution in [0.1, 0.15) is 39.1 Å². The molecule has 0 aliphatic carbocycles. The monoisotopic (exact) mass is 284 g/mol. The predicted octanol–water partition coefficient (Wildman–Crippen LogP) is 2.39. The van der Waals surface area contributed by atoms with E-state index >= 15 is 0 Å². The number of morpholine rings is 1. The van der Waals surface area contributed by atoms with Crippen molar-refractivity contribution >= 4 is 16.7 Å². The minimum atomic E-state index is 0.0335. The van der Waals surface area contributed by atoms with Gasteiger partial charge in [0.25, 0.3) is 0 Å². The van der Waals surface area contributed by atoms with E-state index in [0.29, 0.717) is 5.92 Å². The highest BCUT2D eigenvalue weighted by molar-refractivity contribution is 7.09. The Kier molecular flexibility index (Phi) is 5.54. The maximum Gasteiger partial charge on any atom is 0.202 e. The van der Waals surface area contributed by atoms with Gasteiger partial charge in [-0.3, -0.25) is 4.90 Å². The van der Waals surface area contributed by atoms with Crippen LogP contribution in [-0.2, 0) is 4.74 Å². The Balaban J connectivity index is 1.90. The lowest BCUT2D eigenvalue weighted by atomic mass is 10.2. The van der Waals surface area contributed by atoms with Crippen molar-refractivity contribution in [1.82, 2.24) is 14.3 Å². The van der Waals surface area contributed by atoms with Gasteiger partial charge < -0.3 is 10.1 Å². The number of nitrogens with one attached hydrogen (secondary N) is 1. The fourth-order valence-corrected chi connectivity index (χ4v) is 2.73. The van der Waals surface area contributed by atoms with E-state index in [1.165, 1.54) is 18.0 Å². The average molecular weight is 284 g/mol. The molecule has 1 saturated heterocycles. The summed E-state index contributed by atoms with van der Waals surface area (Å²) >= 11 is 1.43. The molecule has 1 fully saturated rings. The highest BCUT2D eigenvalue weighted by atomic mass is 32.1. The molecule has 1 N–H and O–H groups in total. The van der Waals surface area contributed by atoms with E-state index in [1.807, 2.05) is 0 Å². The molecule has 1 aliphatic heterocycles. The van der Waals surface area contributed by atoms with Crippen LogP contribution < -0.4 is 5.32 Å². The Hall–Kier alpha value is -0.720. The first-order valence-corrected chi connectivity index (χ1v) is 7.87. The summed E-state index contributed by atoms with van der Waals surface area (Å²) in [6.07, 6.45) is 1.21. The zero-order valence-corrected chi connectivity index (χ0v) is 12.9. The van der Waals surface area contributed by atoms with E-state index in [2.05, 4.69) is 40.3 Å².